The summed E-state index contributed by atoms with van der Waals surface area (Å²) in [6.07, 6.45) is 2.98. The summed E-state index contributed by atoms with van der Waals surface area (Å²) < 4.78 is 29.0. The number of aromatic amines is 1. The molecule has 3 aromatic rings. The molecule has 0 bridgehead atoms. The predicted molar refractivity (Wildman–Crippen MR) is 145 cm³/mol. The van der Waals surface area contributed by atoms with Crippen LogP contribution in [0.5, 0.6) is 0 Å². The van der Waals surface area contributed by atoms with Gasteiger partial charge in [0, 0.05) is 13.0 Å². The third-order valence-corrected chi connectivity index (χ3v) is 8.42. The van der Waals surface area contributed by atoms with E-state index >= 15 is 0 Å². The highest BCUT2D eigenvalue weighted by atomic mass is 32.2. The number of aromatic nitrogens is 2. The number of nitrogens with one attached hydrogen (secondary N) is 3. The lowest BCUT2D eigenvalue weighted by atomic mass is 9.95. The number of hydrogen-bond acceptors (Lipinski definition) is 6. The molecule has 0 saturated heterocycles. The van der Waals surface area contributed by atoms with Crippen LogP contribution in [0.4, 0.5) is 4.79 Å². The Morgan fingerprint density at radius 3 is 2.26 bits per heavy atom. The maximum atomic E-state index is 13.4. The fourth-order valence-electron chi connectivity index (χ4n) is 4.25. The second-order valence-electron chi connectivity index (χ2n) is 9.11. The predicted octanol–water partition coefficient (Wildman–Crippen LogP) is 2.12. The number of carboxylic acids is 1. The minimum absolute atomic E-state index is 0.0243. The van der Waals surface area contributed by atoms with Crippen LogP contribution in [0.2, 0.25) is 0 Å². The molecule has 202 valence electrons. The number of primary amides is 1. The minimum Gasteiger partial charge on any atom is -0.480 e. The molecule has 0 fully saturated rings. The molecule has 1 atom stereocenters. The number of H-pyrrole nitrogens is 1. The van der Waals surface area contributed by atoms with E-state index in [1.807, 2.05) is 20.8 Å². The van der Waals surface area contributed by atoms with E-state index in [1.54, 1.807) is 44.2 Å². The fourth-order valence-corrected chi connectivity index (χ4v) is 6.04. The van der Waals surface area contributed by atoms with E-state index in [0.29, 0.717) is 22.2 Å². The van der Waals surface area contributed by atoms with Crippen molar-refractivity contribution in [2.24, 2.45) is 5.73 Å². The molecule has 0 spiro atoms. The quantitative estimate of drug-likeness (QED) is 0.275. The summed E-state index contributed by atoms with van der Waals surface area (Å²) in [6.45, 7) is 9.17. The molecule has 12 heteroatoms. The number of sulfonamides is 1. The van der Waals surface area contributed by atoms with E-state index in [0.717, 1.165) is 16.7 Å². The van der Waals surface area contributed by atoms with Gasteiger partial charge < -0.3 is 21.1 Å². The number of amides is 2. The van der Waals surface area contributed by atoms with Gasteiger partial charge in [-0.25, -0.2) is 18.2 Å². The van der Waals surface area contributed by atoms with Crippen molar-refractivity contribution in [2.75, 3.05) is 6.54 Å². The van der Waals surface area contributed by atoms with E-state index < -0.39 is 33.6 Å². The van der Waals surface area contributed by atoms with Gasteiger partial charge in [0.2, 0.25) is 10.0 Å². The Labute approximate surface area is 220 Å². The van der Waals surface area contributed by atoms with E-state index in [4.69, 9.17) is 5.73 Å². The van der Waals surface area contributed by atoms with Gasteiger partial charge >= 0.3 is 12.0 Å². The number of aliphatic carboxylic acids is 1. The van der Waals surface area contributed by atoms with Crippen molar-refractivity contribution in [1.29, 1.82) is 0 Å². The highest BCUT2D eigenvalue weighted by Gasteiger charge is 2.30. The summed E-state index contributed by atoms with van der Waals surface area (Å²) >= 11 is 0. The monoisotopic (exact) mass is 541 g/mol. The van der Waals surface area contributed by atoms with Crippen molar-refractivity contribution in [3.8, 4) is 0 Å². The van der Waals surface area contributed by atoms with Gasteiger partial charge in [-0.15, -0.1) is 0 Å². The van der Waals surface area contributed by atoms with Gasteiger partial charge in [-0.05, 0) is 80.1 Å². The summed E-state index contributed by atoms with van der Waals surface area (Å²) in [5, 5.41) is 12.5. The third kappa shape index (κ3) is 6.09. The Morgan fingerprint density at radius 1 is 1.08 bits per heavy atom. The molecular weight excluding hydrogens is 510 g/mol. The number of nitrogens with zero attached hydrogens (tertiary/aromatic N) is 1. The second kappa shape index (κ2) is 11.2. The van der Waals surface area contributed by atoms with Crippen LogP contribution in [0.15, 0.2) is 34.0 Å². The van der Waals surface area contributed by atoms with Crippen LogP contribution < -0.4 is 21.3 Å². The van der Waals surface area contributed by atoms with Gasteiger partial charge in [0.25, 0.3) is 5.56 Å². The first-order chi connectivity index (χ1) is 17.7. The van der Waals surface area contributed by atoms with Crippen molar-refractivity contribution in [3.05, 3.63) is 73.8 Å². The summed E-state index contributed by atoms with van der Waals surface area (Å²) in [5.74, 6) is -1.38. The van der Waals surface area contributed by atoms with E-state index in [2.05, 4.69) is 20.0 Å². The van der Waals surface area contributed by atoms with Gasteiger partial charge in [0.15, 0.2) is 0 Å². The zero-order chi connectivity index (χ0) is 28.4. The fraction of sp³-hybridized carbons (Fsp3) is 0.308. The van der Waals surface area contributed by atoms with E-state index in [1.165, 1.54) is 0 Å². The Kier molecular flexibility index (Phi) is 8.38. The van der Waals surface area contributed by atoms with Gasteiger partial charge in [0.05, 0.1) is 15.8 Å². The van der Waals surface area contributed by atoms with Crippen LogP contribution in [0.1, 0.15) is 39.2 Å². The van der Waals surface area contributed by atoms with Crippen LogP contribution in [0, 0.1) is 34.6 Å². The van der Waals surface area contributed by atoms with Gasteiger partial charge in [-0.1, -0.05) is 18.2 Å². The minimum atomic E-state index is -4.21. The lowest BCUT2D eigenvalue weighted by Gasteiger charge is -2.21. The molecule has 6 N–H and O–H groups in total. The molecule has 0 aliphatic carbocycles. The topological polar surface area (TPSA) is 184 Å². The first-order valence-electron chi connectivity index (χ1n) is 11.8. The maximum absolute atomic E-state index is 13.4. The molecule has 1 aromatic heterocycles. The van der Waals surface area contributed by atoms with Crippen LogP contribution in [0.3, 0.4) is 0 Å². The number of rotatable bonds is 9. The number of hydrogen-bond donors (Lipinski definition) is 5. The molecule has 11 nitrogen and oxygen atoms in total. The average Bonchev–Trinajstić information content (AvgIpc) is 2.83. The number of carbonyl (C=O) groups excluding carboxylic acids is 1. The van der Waals surface area contributed by atoms with Crippen LogP contribution in [-0.4, -0.2) is 48.1 Å². The van der Waals surface area contributed by atoms with E-state index in [9.17, 15) is 27.9 Å². The average molecular weight is 542 g/mol. The van der Waals surface area contributed by atoms with E-state index in [-0.39, 0.29) is 29.1 Å². The number of fused-ring (bicyclic) bond motifs is 1. The third-order valence-electron chi connectivity index (χ3n) is 6.68. The lowest BCUT2D eigenvalue weighted by Crippen LogP contribution is -2.43. The summed E-state index contributed by atoms with van der Waals surface area (Å²) in [6, 6.07) is 2.67. The molecule has 2 amide bonds. The molecule has 3 rings (SSSR count). The summed E-state index contributed by atoms with van der Waals surface area (Å²) in [4.78, 5) is 42.5. The Bertz CT molecular complexity index is 1600. The number of carbonyl (C=O) groups is 2. The van der Waals surface area contributed by atoms with Gasteiger partial charge in [-0.3, -0.25) is 9.59 Å². The van der Waals surface area contributed by atoms with Gasteiger partial charge in [-0.2, -0.15) is 4.72 Å². The summed E-state index contributed by atoms with van der Waals surface area (Å²) in [5.41, 5.74) is 9.23. The molecule has 0 aliphatic rings. The van der Waals surface area contributed by atoms with Crippen molar-refractivity contribution in [2.45, 2.75) is 52.0 Å². The Morgan fingerprint density at radius 2 is 1.68 bits per heavy atom. The summed E-state index contributed by atoms with van der Waals surface area (Å²) in [7, 11) is -4.21. The normalized spacial score (nSPS) is 12.7. The second-order valence-corrected chi connectivity index (χ2v) is 10.8. The van der Waals surface area contributed by atoms with Crippen molar-refractivity contribution in [3.63, 3.8) is 0 Å². The molecule has 0 unspecified atom stereocenters. The lowest BCUT2D eigenvalue weighted by molar-refractivity contribution is -0.139. The SMILES string of the molecule is Cc1c(C)c(C)c(S(=O)(=O)N[C@@H](Cc2nc3ccc(/C=C/CNC(N)=O)cc3c(=O)[nH]2)C(=O)O)c(C)c1C. The first kappa shape index (κ1) is 28.5. The zero-order valence-electron chi connectivity index (χ0n) is 21.8. The molecule has 0 aliphatic heterocycles. The Balaban J connectivity index is 1.91. The number of urea groups is 1. The van der Waals surface area contributed by atoms with Crippen molar-refractivity contribution >= 4 is 39.0 Å². The largest absolute Gasteiger partial charge is 0.480 e. The first-order valence-corrected chi connectivity index (χ1v) is 13.3. The molecule has 1 heterocycles. The zero-order valence-corrected chi connectivity index (χ0v) is 22.6. The highest BCUT2D eigenvalue weighted by Crippen LogP contribution is 2.29. The van der Waals surface area contributed by atoms with Crippen LogP contribution >= 0.6 is 0 Å². The smallest absolute Gasteiger partial charge is 0.322 e. The highest BCUT2D eigenvalue weighted by molar-refractivity contribution is 7.89. The molecule has 38 heavy (non-hydrogen) atoms. The van der Waals surface area contributed by atoms with Crippen molar-refractivity contribution in [1.82, 2.24) is 20.0 Å². The molecule has 0 radical (unpaired) electrons. The molecule has 0 saturated carbocycles. The van der Waals surface area contributed by atoms with Gasteiger partial charge in [0.1, 0.15) is 11.9 Å². The van der Waals surface area contributed by atoms with Crippen LogP contribution in [0.25, 0.3) is 17.0 Å². The number of benzene rings is 2. The standard InChI is InChI=1S/C26H31N5O6S/c1-13-14(2)16(4)23(17(5)15(13)3)38(36,37)31-21(25(33)34)12-22-29-20-9-8-18(7-6-10-28-26(27)35)11-19(20)24(32)30-22/h6-9,11,21,31H,10,12H2,1-5H3,(H,33,34)(H3,27,28,35)(H,29,30,32)/b7-6+/t21-/m0/s1. The number of nitrogens with two attached hydrogens (primary N) is 1. The van der Waals surface area contributed by atoms with Crippen LogP contribution in [-0.2, 0) is 21.2 Å². The number of carboxylic acid groups (broad SMARTS) is 1. The molecular formula is C26H31N5O6S. The Hall–Kier alpha value is -4.03. The maximum Gasteiger partial charge on any atom is 0.322 e. The molecule has 2 aromatic carbocycles. The van der Waals surface area contributed by atoms with Crippen molar-refractivity contribution < 1.29 is 23.1 Å².